The number of hydrogen-bond donors (Lipinski definition) is 1. The Labute approximate surface area is 266 Å². The van der Waals surface area contributed by atoms with Gasteiger partial charge in [-0.3, -0.25) is 14.4 Å². The van der Waals surface area contributed by atoms with E-state index in [4.69, 9.17) is 0 Å². The van der Waals surface area contributed by atoms with E-state index in [1.807, 2.05) is 76.2 Å². The smallest absolute Gasteiger partial charge is 0.251 e. The Morgan fingerprint density at radius 3 is 2.18 bits per heavy atom. The van der Waals surface area contributed by atoms with Gasteiger partial charge in [0.2, 0.25) is 11.8 Å². The van der Waals surface area contributed by atoms with Crippen LogP contribution in [0.15, 0.2) is 73.8 Å². The van der Waals surface area contributed by atoms with Gasteiger partial charge < -0.3 is 19.8 Å². The summed E-state index contributed by atoms with van der Waals surface area (Å²) in [6.07, 6.45) is 4.77. The molecular formula is C36H45N3O4S. The molecule has 2 unspecified atom stereocenters. The van der Waals surface area contributed by atoms with Crippen molar-refractivity contribution in [1.82, 2.24) is 4.90 Å². The van der Waals surface area contributed by atoms with E-state index in [1.54, 1.807) is 38.6 Å². The largest absolute Gasteiger partial charge is 0.394 e. The average molecular weight is 616 g/mol. The number of aryl methyl sites for hydroxylation is 2. The number of carbonyl (C=O) groups is 3. The van der Waals surface area contributed by atoms with Crippen molar-refractivity contribution in [2.75, 3.05) is 29.5 Å². The number of amides is 3. The minimum absolute atomic E-state index is 0.101. The van der Waals surface area contributed by atoms with Gasteiger partial charge in [-0.25, -0.2) is 0 Å². The molecule has 6 atom stereocenters. The Hall–Kier alpha value is -3.36. The number of benzene rings is 2. The van der Waals surface area contributed by atoms with Gasteiger partial charge in [0.05, 0.1) is 29.2 Å². The van der Waals surface area contributed by atoms with Crippen molar-refractivity contribution in [3.05, 3.63) is 85.0 Å². The molecule has 234 valence electrons. The van der Waals surface area contributed by atoms with Crippen molar-refractivity contribution >= 4 is 40.9 Å². The molecule has 1 spiro atoms. The highest BCUT2D eigenvalue weighted by atomic mass is 32.2. The first-order valence-corrected chi connectivity index (χ1v) is 16.4. The van der Waals surface area contributed by atoms with E-state index in [2.05, 4.69) is 20.1 Å². The van der Waals surface area contributed by atoms with E-state index in [-0.39, 0.29) is 36.8 Å². The first kappa shape index (κ1) is 32.0. The Balaban J connectivity index is 1.67. The van der Waals surface area contributed by atoms with Crippen molar-refractivity contribution in [1.29, 1.82) is 0 Å². The topological polar surface area (TPSA) is 81.2 Å². The number of para-hydroxylation sites is 2. The summed E-state index contributed by atoms with van der Waals surface area (Å²) in [6.45, 7) is 18.2. The van der Waals surface area contributed by atoms with Crippen LogP contribution in [0.4, 0.5) is 11.4 Å². The van der Waals surface area contributed by atoms with Gasteiger partial charge in [-0.2, -0.15) is 0 Å². The number of rotatable bonds is 11. The highest BCUT2D eigenvalue weighted by molar-refractivity contribution is 8.02. The molecule has 0 aliphatic carbocycles. The Morgan fingerprint density at radius 1 is 1.00 bits per heavy atom. The number of hydrogen-bond acceptors (Lipinski definition) is 5. The highest BCUT2D eigenvalue weighted by Gasteiger charge is 2.78. The second-order valence-corrected chi connectivity index (χ2v) is 14.9. The molecule has 3 heterocycles. The molecule has 2 aromatic rings. The zero-order valence-corrected chi connectivity index (χ0v) is 27.3. The monoisotopic (exact) mass is 615 g/mol. The van der Waals surface area contributed by atoms with Crippen LogP contribution in [-0.4, -0.2) is 69.0 Å². The summed E-state index contributed by atoms with van der Waals surface area (Å²) in [4.78, 5) is 49.7. The van der Waals surface area contributed by atoms with Crippen LogP contribution in [-0.2, 0) is 14.4 Å². The number of carbonyl (C=O) groups excluding carboxylic acids is 3. The number of fused-ring (bicyclic) bond motifs is 1. The maximum Gasteiger partial charge on any atom is 0.251 e. The van der Waals surface area contributed by atoms with E-state index >= 15 is 4.79 Å². The number of aliphatic hydroxyl groups is 1. The SMILES string of the molecule is C=CCN(C(=O)[C@H]1[C@H]2C(=O)N([C@@H](CO)C(C)C)C(C(=O)N(CC=C)c3c(C)cccc3C)C23CC[C@]1(C)S3)c1ccccc1. The number of aliphatic hydroxyl groups excluding tert-OH is 1. The van der Waals surface area contributed by atoms with Crippen LogP contribution >= 0.6 is 11.8 Å². The lowest BCUT2D eigenvalue weighted by Gasteiger charge is -2.41. The first-order valence-electron chi connectivity index (χ1n) is 15.6. The van der Waals surface area contributed by atoms with Crippen molar-refractivity contribution in [3.8, 4) is 0 Å². The van der Waals surface area contributed by atoms with E-state index in [9.17, 15) is 14.7 Å². The van der Waals surface area contributed by atoms with Crippen LogP contribution in [0.25, 0.3) is 0 Å². The lowest BCUT2D eigenvalue weighted by molar-refractivity contribution is -0.143. The minimum Gasteiger partial charge on any atom is -0.394 e. The second-order valence-electron chi connectivity index (χ2n) is 13.0. The lowest BCUT2D eigenvalue weighted by atomic mass is 9.66. The van der Waals surface area contributed by atoms with Crippen molar-refractivity contribution in [2.24, 2.45) is 17.8 Å². The van der Waals surface area contributed by atoms with Crippen LogP contribution in [0.2, 0.25) is 0 Å². The fraction of sp³-hybridized carbons (Fsp3) is 0.472. The third kappa shape index (κ3) is 4.91. The lowest BCUT2D eigenvalue weighted by Crippen LogP contribution is -2.58. The van der Waals surface area contributed by atoms with E-state index in [0.29, 0.717) is 19.4 Å². The predicted molar refractivity (Wildman–Crippen MR) is 179 cm³/mol. The van der Waals surface area contributed by atoms with E-state index in [1.165, 1.54) is 0 Å². The van der Waals surface area contributed by atoms with E-state index in [0.717, 1.165) is 22.5 Å². The highest BCUT2D eigenvalue weighted by Crippen LogP contribution is 2.72. The van der Waals surface area contributed by atoms with Crippen molar-refractivity contribution in [3.63, 3.8) is 0 Å². The summed E-state index contributed by atoms with van der Waals surface area (Å²) in [6, 6.07) is 14.0. The van der Waals surface area contributed by atoms with Gasteiger partial charge in [-0.1, -0.05) is 62.4 Å². The van der Waals surface area contributed by atoms with Crippen LogP contribution in [0.5, 0.6) is 0 Å². The molecule has 2 aromatic carbocycles. The van der Waals surface area contributed by atoms with Gasteiger partial charge in [-0.05, 0) is 62.8 Å². The van der Waals surface area contributed by atoms with Gasteiger partial charge in [0, 0.05) is 29.2 Å². The maximum absolute atomic E-state index is 15.1. The van der Waals surface area contributed by atoms with Gasteiger partial charge in [-0.15, -0.1) is 24.9 Å². The molecule has 3 aliphatic heterocycles. The van der Waals surface area contributed by atoms with Gasteiger partial charge in [0.15, 0.2) is 0 Å². The minimum atomic E-state index is -0.840. The summed E-state index contributed by atoms with van der Waals surface area (Å²) in [5.41, 5.74) is 3.48. The molecule has 3 aliphatic rings. The molecule has 3 fully saturated rings. The number of thioether (sulfide) groups is 1. The third-order valence-electron chi connectivity index (χ3n) is 9.96. The van der Waals surface area contributed by atoms with Crippen LogP contribution in [0.3, 0.4) is 0 Å². The molecule has 8 heteroatoms. The second kappa shape index (κ2) is 12.2. The molecule has 5 rings (SSSR count). The van der Waals surface area contributed by atoms with E-state index < -0.39 is 33.4 Å². The number of anilines is 2. The summed E-state index contributed by atoms with van der Waals surface area (Å²) in [5, 5.41) is 10.7. The number of nitrogens with zero attached hydrogens (tertiary/aromatic N) is 3. The zero-order valence-electron chi connectivity index (χ0n) is 26.5. The fourth-order valence-corrected chi connectivity index (χ4v) is 10.4. The zero-order chi connectivity index (χ0) is 32.0. The molecule has 1 N–H and O–H groups in total. The average Bonchev–Trinajstić information content (AvgIpc) is 3.56. The number of likely N-dealkylation sites (tertiary alicyclic amines) is 1. The molecule has 0 radical (unpaired) electrons. The van der Waals surface area contributed by atoms with Crippen LogP contribution in [0.1, 0.15) is 44.7 Å². The van der Waals surface area contributed by atoms with Crippen molar-refractivity contribution in [2.45, 2.75) is 69.0 Å². The predicted octanol–water partition coefficient (Wildman–Crippen LogP) is 5.54. The summed E-state index contributed by atoms with van der Waals surface area (Å²) in [5.74, 6) is -1.95. The Bertz CT molecular complexity index is 1440. The molecule has 44 heavy (non-hydrogen) atoms. The molecule has 0 aromatic heterocycles. The Kier molecular flexibility index (Phi) is 8.89. The van der Waals surface area contributed by atoms with Gasteiger partial charge >= 0.3 is 0 Å². The molecule has 7 nitrogen and oxygen atoms in total. The fourth-order valence-electron chi connectivity index (χ4n) is 8.02. The van der Waals surface area contributed by atoms with Crippen LogP contribution < -0.4 is 9.80 Å². The van der Waals surface area contributed by atoms with Crippen molar-refractivity contribution < 1.29 is 19.5 Å². The summed E-state index contributed by atoms with van der Waals surface area (Å²) >= 11 is 1.65. The van der Waals surface area contributed by atoms with Gasteiger partial charge in [0.1, 0.15) is 6.04 Å². The molecule has 0 saturated carbocycles. The normalized spacial score (nSPS) is 27.8. The summed E-state index contributed by atoms with van der Waals surface area (Å²) < 4.78 is -1.33. The maximum atomic E-state index is 15.1. The van der Waals surface area contributed by atoms with Gasteiger partial charge in [0.25, 0.3) is 5.91 Å². The molecule has 2 bridgehead atoms. The molecular weight excluding hydrogens is 570 g/mol. The quantitative estimate of drug-likeness (QED) is 0.336. The Morgan fingerprint density at radius 2 is 1.61 bits per heavy atom. The van der Waals surface area contributed by atoms with Crippen LogP contribution in [0, 0.1) is 31.6 Å². The molecule has 3 amide bonds. The standard InChI is InChI=1S/C36H45N3O4S/c1-8-20-37(26-16-11-10-12-17-26)32(41)28-29-33(42)39(27(22-40)23(3)4)31(36(29)19-18-35(28,7)44-36)34(43)38(21-9-2)30-24(5)14-13-15-25(30)6/h8-17,23,27-29,31,40H,1-2,18-22H2,3-7H3/t27-,28+,29-,31?,35-,36?/m0/s1. The summed E-state index contributed by atoms with van der Waals surface area (Å²) in [7, 11) is 0. The molecule has 3 saturated heterocycles. The third-order valence-corrected chi connectivity index (χ3v) is 11.9. The first-order chi connectivity index (χ1) is 21.0.